The second kappa shape index (κ2) is 8.84. The second-order valence-corrected chi connectivity index (χ2v) is 8.07. The summed E-state index contributed by atoms with van der Waals surface area (Å²) in [5.74, 6) is -2.38. The quantitative estimate of drug-likeness (QED) is 0.523. The smallest absolute Gasteiger partial charge is 0.363 e. The number of carbonyl (C=O) groups excluding carboxylic acids is 1. The predicted octanol–water partition coefficient (Wildman–Crippen LogP) is 4.99. The Labute approximate surface area is 186 Å². The molecule has 0 fully saturated rings. The minimum atomic E-state index is -4.52. The molecule has 1 aromatic heterocycles. The largest absolute Gasteiger partial charge is 0.410 e. The summed E-state index contributed by atoms with van der Waals surface area (Å²) in [7, 11) is 0. The van der Waals surface area contributed by atoms with Gasteiger partial charge in [-0.2, -0.15) is 18.3 Å². The summed E-state index contributed by atoms with van der Waals surface area (Å²) < 4.78 is 68.6. The Morgan fingerprint density at radius 3 is 2.55 bits per heavy atom. The summed E-state index contributed by atoms with van der Waals surface area (Å²) >= 11 is 0. The summed E-state index contributed by atoms with van der Waals surface area (Å²) in [4.78, 5) is 12.4. The van der Waals surface area contributed by atoms with Crippen LogP contribution in [0.1, 0.15) is 40.8 Å². The molecule has 2 atom stereocenters. The molecule has 2 heterocycles. The summed E-state index contributed by atoms with van der Waals surface area (Å²) in [6.45, 7) is 1.84. The molecule has 0 bridgehead atoms. The van der Waals surface area contributed by atoms with Crippen LogP contribution in [0.3, 0.4) is 0 Å². The number of halogens is 5. The fourth-order valence-electron chi connectivity index (χ4n) is 3.85. The Bertz CT molecular complexity index is 1160. The van der Waals surface area contributed by atoms with Crippen molar-refractivity contribution >= 4 is 11.7 Å². The van der Waals surface area contributed by atoms with E-state index in [4.69, 9.17) is 0 Å². The van der Waals surface area contributed by atoms with Crippen LogP contribution in [0.4, 0.5) is 27.8 Å². The lowest BCUT2D eigenvalue weighted by Crippen LogP contribution is -2.36. The van der Waals surface area contributed by atoms with Crippen molar-refractivity contribution in [2.45, 2.75) is 44.6 Å². The molecule has 174 valence electrons. The molecule has 0 saturated carbocycles. The van der Waals surface area contributed by atoms with Crippen molar-refractivity contribution in [3.8, 4) is 0 Å². The van der Waals surface area contributed by atoms with Gasteiger partial charge >= 0.3 is 6.18 Å². The standard InChI is InChI=1S/C23H21F5N4O/c1-13-2-5-15(6-3-13)19-10-20(23(26,27)28)32-22(31-19)16(12-30-32)9-21(33)29-11-14-4-7-17(24)18(25)8-14/h2-8,12,19-20,31H,9-11H2,1H3,(H,29,33)/t19-,20+/m0/s1. The normalized spacial score (nSPS) is 17.9. The van der Waals surface area contributed by atoms with Crippen LogP contribution in [0.25, 0.3) is 0 Å². The molecule has 3 aromatic rings. The lowest BCUT2D eigenvalue weighted by Gasteiger charge is -2.34. The topological polar surface area (TPSA) is 59.0 Å². The molecule has 0 unspecified atom stereocenters. The van der Waals surface area contributed by atoms with Crippen LogP contribution in [0.5, 0.6) is 0 Å². The van der Waals surface area contributed by atoms with Gasteiger partial charge in [-0.25, -0.2) is 13.5 Å². The summed E-state index contributed by atoms with van der Waals surface area (Å²) in [6.07, 6.45) is -3.73. The average molecular weight is 464 g/mol. The fraction of sp³-hybridized carbons (Fsp3) is 0.304. The van der Waals surface area contributed by atoms with E-state index in [1.165, 1.54) is 12.3 Å². The highest BCUT2D eigenvalue weighted by Crippen LogP contribution is 2.44. The van der Waals surface area contributed by atoms with Crippen molar-refractivity contribution in [2.75, 3.05) is 5.32 Å². The molecule has 1 aliphatic heterocycles. The number of hydrogen-bond acceptors (Lipinski definition) is 3. The van der Waals surface area contributed by atoms with Gasteiger partial charge in [-0.15, -0.1) is 0 Å². The van der Waals surface area contributed by atoms with Crippen LogP contribution in [0.15, 0.2) is 48.7 Å². The molecule has 1 aliphatic rings. The molecule has 1 amide bonds. The van der Waals surface area contributed by atoms with Crippen LogP contribution in [0, 0.1) is 18.6 Å². The van der Waals surface area contributed by atoms with Gasteiger partial charge in [0.05, 0.1) is 18.7 Å². The maximum Gasteiger partial charge on any atom is 0.410 e. The molecule has 0 aliphatic carbocycles. The van der Waals surface area contributed by atoms with Gasteiger partial charge in [0, 0.05) is 18.5 Å². The molecule has 0 radical (unpaired) electrons. The van der Waals surface area contributed by atoms with Crippen molar-refractivity contribution in [1.29, 1.82) is 0 Å². The van der Waals surface area contributed by atoms with Gasteiger partial charge in [0.25, 0.3) is 0 Å². The zero-order valence-corrected chi connectivity index (χ0v) is 17.6. The van der Waals surface area contributed by atoms with Gasteiger partial charge < -0.3 is 10.6 Å². The van der Waals surface area contributed by atoms with E-state index >= 15 is 0 Å². The Morgan fingerprint density at radius 2 is 1.88 bits per heavy atom. The number of hydrogen-bond donors (Lipinski definition) is 2. The van der Waals surface area contributed by atoms with E-state index in [1.54, 1.807) is 12.1 Å². The maximum absolute atomic E-state index is 13.8. The van der Waals surface area contributed by atoms with E-state index in [9.17, 15) is 26.7 Å². The highest BCUT2D eigenvalue weighted by Gasteiger charge is 2.46. The number of alkyl halides is 3. The van der Waals surface area contributed by atoms with E-state index in [0.717, 1.165) is 22.4 Å². The van der Waals surface area contributed by atoms with Crippen LogP contribution >= 0.6 is 0 Å². The van der Waals surface area contributed by atoms with Gasteiger partial charge in [-0.05, 0) is 30.2 Å². The Balaban J connectivity index is 1.52. The first kappa shape index (κ1) is 22.8. The van der Waals surface area contributed by atoms with Crippen molar-refractivity contribution in [3.63, 3.8) is 0 Å². The monoisotopic (exact) mass is 464 g/mol. The van der Waals surface area contributed by atoms with Gasteiger partial charge in [0.1, 0.15) is 5.82 Å². The lowest BCUT2D eigenvalue weighted by molar-refractivity contribution is -0.173. The number of fused-ring (bicyclic) bond motifs is 1. The van der Waals surface area contributed by atoms with Crippen LogP contribution in [-0.2, 0) is 17.8 Å². The third-order valence-electron chi connectivity index (χ3n) is 5.62. The van der Waals surface area contributed by atoms with Gasteiger partial charge in [0.15, 0.2) is 17.7 Å². The Kier molecular flexibility index (Phi) is 6.09. The van der Waals surface area contributed by atoms with Crippen molar-refractivity contribution in [3.05, 3.63) is 82.5 Å². The second-order valence-electron chi connectivity index (χ2n) is 8.07. The summed E-state index contributed by atoms with van der Waals surface area (Å²) in [6, 6.07) is 8.04. The third-order valence-corrected chi connectivity index (χ3v) is 5.62. The number of rotatable bonds is 5. The van der Waals surface area contributed by atoms with Gasteiger partial charge in [-0.1, -0.05) is 35.9 Å². The molecule has 33 heavy (non-hydrogen) atoms. The minimum absolute atomic E-state index is 0.0515. The molecule has 0 saturated heterocycles. The van der Waals surface area contributed by atoms with Crippen LogP contribution < -0.4 is 10.6 Å². The number of benzene rings is 2. The molecular weight excluding hydrogens is 443 g/mol. The Hall–Kier alpha value is -3.43. The molecular formula is C23H21F5N4O. The molecule has 5 nitrogen and oxygen atoms in total. The van der Waals surface area contributed by atoms with E-state index in [0.29, 0.717) is 16.7 Å². The molecule has 4 rings (SSSR count). The van der Waals surface area contributed by atoms with E-state index in [2.05, 4.69) is 15.7 Å². The number of anilines is 1. The zero-order valence-electron chi connectivity index (χ0n) is 17.6. The number of aromatic nitrogens is 2. The number of amides is 1. The van der Waals surface area contributed by atoms with Crippen molar-refractivity contribution in [2.24, 2.45) is 0 Å². The fourth-order valence-corrected chi connectivity index (χ4v) is 3.85. The average Bonchev–Trinajstić information content (AvgIpc) is 3.16. The Morgan fingerprint density at radius 1 is 1.15 bits per heavy atom. The van der Waals surface area contributed by atoms with E-state index in [1.807, 2.05) is 19.1 Å². The van der Waals surface area contributed by atoms with Gasteiger partial charge in [0.2, 0.25) is 5.91 Å². The lowest BCUT2D eigenvalue weighted by atomic mass is 9.96. The number of nitrogens with zero attached hydrogens (tertiary/aromatic N) is 2. The van der Waals surface area contributed by atoms with Gasteiger partial charge in [-0.3, -0.25) is 4.79 Å². The number of nitrogens with one attached hydrogen (secondary N) is 2. The molecule has 0 spiro atoms. The first-order valence-corrected chi connectivity index (χ1v) is 10.3. The summed E-state index contributed by atoms with van der Waals surface area (Å²) in [5, 5.41) is 9.57. The third kappa shape index (κ3) is 4.99. The van der Waals surface area contributed by atoms with Crippen LogP contribution in [-0.4, -0.2) is 21.9 Å². The maximum atomic E-state index is 13.8. The minimum Gasteiger partial charge on any atom is -0.363 e. The van der Waals surface area contributed by atoms with E-state index < -0.39 is 35.8 Å². The highest BCUT2D eigenvalue weighted by molar-refractivity contribution is 5.80. The first-order valence-electron chi connectivity index (χ1n) is 10.3. The van der Waals surface area contributed by atoms with Crippen molar-refractivity contribution < 1.29 is 26.7 Å². The molecule has 2 N–H and O–H groups in total. The van der Waals surface area contributed by atoms with Crippen LogP contribution in [0.2, 0.25) is 0 Å². The highest BCUT2D eigenvalue weighted by atomic mass is 19.4. The number of aryl methyl sites for hydroxylation is 1. The zero-order chi connectivity index (χ0) is 23.8. The van der Waals surface area contributed by atoms with Crippen molar-refractivity contribution in [1.82, 2.24) is 15.1 Å². The van der Waals surface area contributed by atoms with E-state index in [-0.39, 0.29) is 25.2 Å². The summed E-state index contributed by atoms with van der Waals surface area (Å²) in [5.41, 5.74) is 2.36. The first-order chi connectivity index (χ1) is 15.6. The number of carbonyl (C=O) groups is 1. The SMILES string of the molecule is Cc1ccc([C@@H]2C[C@H](C(F)(F)F)n3ncc(CC(=O)NCc4ccc(F)c(F)c4)c3N2)cc1. The predicted molar refractivity (Wildman–Crippen MR) is 111 cm³/mol. The molecule has 2 aromatic carbocycles. The molecule has 10 heteroatoms.